The molecule has 0 bridgehead atoms. The van der Waals surface area contributed by atoms with Crippen molar-refractivity contribution in [2.45, 2.75) is 18.6 Å². The van der Waals surface area contributed by atoms with Crippen LogP contribution in [0.1, 0.15) is 12.8 Å². The van der Waals surface area contributed by atoms with Crippen LogP contribution in [0.5, 0.6) is 0 Å². The van der Waals surface area contributed by atoms with Gasteiger partial charge in [-0.3, -0.25) is 10.5 Å². The quantitative estimate of drug-likeness (QED) is 0.364. The van der Waals surface area contributed by atoms with Gasteiger partial charge in [0.25, 0.3) is 0 Å². The molecule has 15 heavy (non-hydrogen) atoms. The van der Waals surface area contributed by atoms with Gasteiger partial charge in [0.05, 0.1) is 13.2 Å². The van der Waals surface area contributed by atoms with E-state index < -0.39 is 17.7 Å². The molecule has 0 heterocycles. The van der Waals surface area contributed by atoms with E-state index in [0.717, 1.165) is 0 Å². The predicted octanol–water partition coefficient (Wildman–Crippen LogP) is -0.746. The molecule has 0 aliphatic carbocycles. The van der Waals surface area contributed by atoms with E-state index in [9.17, 15) is 9.59 Å². The van der Waals surface area contributed by atoms with E-state index in [1.807, 2.05) is 0 Å². The molecule has 0 aliphatic heterocycles. The molecule has 0 saturated heterocycles. The molecule has 4 N–H and O–H groups in total. The van der Waals surface area contributed by atoms with Crippen molar-refractivity contribution in [3.05, 3.63) is 0 Å². The molecule has 0 saturated carbocycles. The molecule has 88 valence electrons. The molecule has 1 atom stereocenters. The van der Waals surface area contributed by atoms with Crippen LogP contribution in [0.3, 0.4) is 0 Å². The minimum atomic E-state index is -1.96. The highest BCUT2D eigenvalue weighted by Gasteiger charge is 2.35. The molecular formula is C8H15NO6. The second-order valence-corrected chi connectivity index (χ2v) is 2.93. The molecule has 0 aliphatic rings. The lowest BCUT2D eigenvalue weighted by Crippen LogP contribution is -2.51. The monoisotopic (exact) mass is 221 g/mol. The molecule has 0 aromatic heterocycles. The van der Waals surface area contributed by atoms with Gasteiger partial charge < -0.3 is 19.7 Å². The van der Waals surface area contributed by atoms with Gasteiger partial charge in [-0.05, 0) is 0 Å². The van der Waals surface area contributed by atoms with Crippen LogP contribution in [0.4, 0.5) is 0 Å². The van der Waals surface area contributed by atoms with E-state index in [2.05, 4.69) is 4.74 Å². The maximum atomic E-state index is 10.7. The van der Waals surface area contributed by atoms with Crippen LogP contribution < -0.4 is 5.73 Å². The Morgan fingerprint density at radius 1 is 1.33 bits per heavy atom. The summed E-state index contributed by atoms with van der Waals surface area (Å²) in [7, 11) is 1.43. The lowest BCUT2D eigenvalue weighted by atomic mass is 10.1. The topological polar surface area (TPSA) is 119 Å². The smallest absolute Gasteiger partial charge is 0.351 e. The number of carboxylic acids is 2. The highest BCUT2D eigenvalue weighted by Crippen LogP contribution is 2.12. The Hall–Kier alpha value is -1.18. The van der Waals surface area contributed by atoms with Crippen LogP contribution in [-0.2, 0) is 19.1 Å². The average Bonchev–Trinajstić information content (AvgIpc) is 2.15. The van der Waals surface area contributed by atoms with Crippen molar-refractivity contribution in [1.29, 1.82) is 0 Å². The Labute approximate surface area is 86.8 Å². The standard InChI is InChI=1S/C8H15NO6/c1-14-4-5-15-8(9,7(12)13)3-2-6(10)11/h2-5,9H2,1H3,(H,10,11)(H,12,13)/t8-/m1/s1. The SMILES string of the molecule is COCCO[C@](N)(CCC(=O)O)C(=O)O. The Balaban J connectivity index is 4.19. The highest BCUT2D eigenvalue weighted by molar-refractivity contribution is 5.77. The fraction of sp³-hybridized carbons (Fsp3) is 0.750. The van der Waals surface area contributed by atoms with Gasteiger partial charge in [0, 0.05) is 20.0 Å². The maximum absolute atomic E-state index is 10.7. The second-order valence-electron chi connectivity index (χ2n) is 2.93. The number of rotatable bonds is 8. The molecule has 0 fully saturated rings. The average molecular weight is 221 g/mol. The number of hydrogen-bond acceptors (Lipinski definition) is 5. The first kappa shape index (κ1) is 13.8. The van der Waals surface area contributed by atoms with Gasteiger partial charge in [0.1, 0.15) is 0 Å². The molecule has 0 rings (SSSR count). The largest absolute Gasteiger partial charge is 0.481 e. The second kappa shape index (κ2) is 6.33. The molecule has 0 amide bonds. The van der Waals surface area contributed by atoms with Crippen molar-refractivity contribution in [3.8, 4) is 0 Å². The van der Waals surface area contributed by atoms with Gasteiger partial charge in [-0.2, -0.15) is 0 Å². The van der Waals surface area contributed by atoms with Crippen LogP contribution >= 0.6 is 0 Å². The first-order valence-electron chi connectivity index (χ1n) is 4.29. The molecule has 0 radical (unpaired) electrons. The summed E-state index contributed by atoms with van der Waals surface area (Å²) >= 11 is 0. The lowest BCUT2D eigenvalue weighted by Gasteiger charge is -2.24. The molecule has 7 heteroatoms. The highest BCUT2D eigenvalue weighted by atomic mass is 16.6. The lowest BCUT2D eigenvalue weighted by molar-refractivity contribution is -0.169. The van der Waals surface area contributed by atoms with Crippen LogP contribution in [0.2, 0.25) is 0 Å². The van der Waals surface area contributed by atoms with E-state index in [1.54, 1.807) is 0 Å². The zero-order valence-corrected chi connectivity index (χ0v) is 8.43. The first-order valence-corrected chi connectivity index (χ1v) is 4.29. The van der Waals surface area contributed by atoms with Gasteiger partial charge in [-0.25, -0.2) is 4.79 Å². The van der Waals surface area contributed by atoms with Gasteiger partial charge in [-0.1, -0.05) is 0 Å². The third-order valence-corrected chi connectivity index (χ3v) is 1.72. The summed E-state index contributed by atoms with van der Waals surface area (Å²) in [5.41, 5.74) is 3.43. The van der Waals surface area contributed by atoms with Crippen molar-refractivity contribution in [2.24, 2.45) is 5.73 Å². The molecule has 0 unspecified atom stereocenters. The summed E-state index contributed by atoms with van der Waals surface area (Å²) in [5.74, 6) is -2.51. The van der Waals surface area contributed by atoms with Gasteiger partial charge in [0.2, 0.25) is 5.72 Å². The fourth-order valence-corrected chi connectivity index (χ4v) is 0.841. The normalized spacial score (nSPS) is 14.5. The van der Waals surface area contributed by atoms with E-state index in [4.69, 9.17) is 20.7 Å². The van der Waals surface area contributed by atoms with E-state index in [-0.39, 0.29) is 26.1 Å². The summed E-state index contributed by atoms with van der Waals surface area (Å²) < 4.78 is 9.52. The van der Waals surface area contributed by atoms with Gasteiger partial charge in [0.15, 0.2) is 0 Å². The van der Waals surface area contributed by atoms with Gasteiger partial charge >= 0.3 is 11.9 Å². The number of methoxy groups -OCH3 is 1. The first-order chi connectivity index (χ1) is 6.92. The summed E-state index contributed by atoms with van der Waals surface area (Å²) in [6.45, 7) is 0.193. The van der Waals surface area contributed by atoms with E-state index in [1.165, 1.54) is 7.11 Å². The number of hydrogen-bond donors (Lipinski definition) is 3. The van der Waals surface area contributed by atoms with Crippen LogP contribution in [0, 0.1) is 0 Å². The maximum Gasteiger partial charge on any atom is 0.351 e. The van der Waals surface area contributed by atoms with Gasteiger partial charge in [-0.15, -0.1) is 0 Å². The summed E-state index contributed by atoms with van der Waals surface area (Å²) in [4.78, 5) is 21.0. The number of carbonyl (C=O) groups is 2. The van der Waals surface area contributed by atoms with Crippen LogP contribution in [0.15, 0.2) is 0 Å². The van der Waals surface area contributed by atoms with Crippen LogP contribution in [0.25, 0.3) is 0 Å². The minimum Gasteiger partial charge on any atom is -0.481 e. The summed E-state index contributed by atoms with van der Waals surface area (Å²) in [5, 5.41) is 17.2. The Morgan fingerprint density at radius 3 is 2.33 bits per heavy atom. The molecule has 0 spiro atoms. The van der Waals surface area contributed by atoms with Crippen molar-refractivity contribution in [3.63, 3.8) is 0 Å². The summed E-state index contributed by atoms with van der Waals surface area (Å²) in [6.07, 6.45) is -0.656. The Bertz CT molecular complexity index is 231. The molecule has 7 nitrogen and oxygen atoms in total. The predicted molar refractivity (Wildman–Crippen MR) is 49.3 cm³/mol. The van der Waals surface area contributed by atoms with Crippen molar-refractivity contribution in [1.82, 2.24) is 0 Å². The van der Waals surface area contributed by atoms with Crippen molar-refractivity contribution in [2.75, 3.05) is 20.3 Å². The minimum absolute atomic E-state index is 0.00107. The number of aliphatic carboxylic acids is 2. The molecule has 0 aromatic carbocycles. The number of ether oxygens (including phenoxy) is 2. The third kappa shape index (κ3) is 5.31. The van der Waals surface area contributed by atoms with Crippen molar-refractivity contribution >= 4 is 11.9 Å². The van der Waals surface area contributed by atoms with E-state index in [0.29, 0.717) is 0 Å². The number of carboxylic acid groups (broad SMARTS) is 2. The molecule has 0 aromatic rings. The Morgan fingerprint density at radius 2 is 1.93 bits per heavy atom. The fourth-order valence-electron chi connectivity index (χ4n) is 0.841. The van der Waals surface area contributed by atoms with Crippen molar-refractivity contribution < 1.29 is 29.3 Å². The van der Waals surface area contributed by atoms with E-state index >= 15 is 0 Å². The molecular weight excluding hydrogens is 206 g/mol. The third-order valence-electron chi connectivity index (χ3n) is 1.72. The zero-order chi connectivity index (χ0) is 11.9. The Kier molecular flexibility index (Phi) is 5.83. The summed E-state index contributed by atoms with van der Waals surface area (Å²) in [6, 6.07) is 0. The number of nitrogens with two attached hydrogens (primary N) is 1. The van der Waals surface area contributed by atoms with Crippen LogP contribution in [-0.4, -0.2) is 48.2 Å². The zero-order valence-electron chi connectivity index (χ0n) is 8.43.